The van der Waals surface area contributed by atoms with Gasteiger partial charge in [-0.15, -0.1) is 0 Å². The quantitative estimate of drug-likeness (QED) is 0.901. The van der Waals surface area contributed by atoms with Crippen molar-refractivity contribution < 1.29 is 14.3 Å². The van der Waals surface area contributed by atoms with Crippen LogP contribution in [0.3, 0.4) is 0 Å². The number of aromatic nitrogens is 3. The van der Waals surface area contributed by atoms with E-state index in [0.29, 0.717) is 23.7 Å². The molecule has 0 radical (unpaired) electrons. The number of benzene rings is 1. The number of amides is 1. The fourth-order valence-corrected chi connectivity index (χ4v) is 3.27. The molecule has 1 aliphatic heterocycles. The van der Waals surface area contributed by atoms with Gasteiger partial charge in [0.2, 0.25) is 5.91 Å². The Bertz CT molecular complexity index is 744. The van der Waals surface area contributed by atoms with Crippen molar-refractivity contribution in [2.24, 2.45) is 0 Å². The van der Waals surface area contributed by atoms with Crippen LogP contribution in [0.15, 0.2) is 18.2 Å². The Balaban J connectivity index is 1.76. The second-order valence-electron chi connectivity index (χ2n) is 6.24. The highest BCUT2D eigenvalue weighted by atomic mass is 16.5. The van der Waals surface area contributed by atoms with Crippen LogP contribution < -0.4 is 9.47 Å². The molecular weight excluding hydrogens is 320 g/mol. The molecule has 1 aromatic carbocycles. The lowest BCUT2D eigenvalue weighted by atomic mass is 10.00. The Morgan fingerprint density at radius 2 is 2.08 bits per heavy atom. The third-order valence-corrected chi connectivity index (χ3v) is 4.54. The average Bonchev–Trinajstić information content (AvgIpc) is 3.07. The number of piperidine rings is 1. The Morgan fingerprint density at radius 1 is 1.28 bits per heavy atom. The average molecular weight is 344 g/mol. The molecule has 7 nitrogen and oxygen atoms in total. The molecule has 1 aliphatic rings. The zero-order valence-electron chi connectivity index (χ0n) is 14.9. The summed E-state index contributed by atoms with van der Waals surface area (Å²) in [5, 5.41) is 7.14. The van der Waals surface area contributed by atoms with Crippen LogP contribution in [0, 0.1) is 6.92 Å². The molecule has 1 fully saturated rings. The highest BCUT2D eigenvalue weighted by molar-refractivity contribution is 5.79. The summed E-state index contributed by atoms with van der Waals surface area (Å²) in [4.78, 5) is 19.2. The SMILES string of the molecule is COc1ccc(CC(=O)N2CCCC[C@H]2c2n[nH]c(C)n2)cc1OC. The van der Waals surface area contributed by atoms with Crippen LogP contribution in [0.4, 0.5) is 0 Å². The van der Waals surface area contributed by atoms with Crippen LogP contribution in [-0.4, -0.2) is 46.8 Å². The van der Waals surface area contributed by atoms with Gasteiger partial charge in [-0.05, 0) is 43.9 Å². The molecule has 3 rings (SSSR count). The molecule has 25 heavy (non-hydrogen) atoms. The normalized spacial score (nSPS) is 17.4. The van der Waals surface area contributed by atoms with Crippen LogP contribution >= 0.6 is 0 Å². The first kappa shape index (κ1) is 17.3. The molecule has 1 saturated heterocycles. The van der Waals surface area contributed by atoms with Gasteiger partial charge in [0.1, 0.15) is 5.82 Å². The molecule has 134 valence electrons. The highest BCUT2D eigenvalue weighted by Gasteiger charge is 2.30. The van der Waals surface area contributed by atoms with E-state index in [2.05, 4.69) is 15.2 Å². The zero-order valence-corrected chi connectivity index (χ0v) is 14.9. The predicted octanol–water partition coefficient (Wildman–Crippen LogP) is 2.43. The van der Waals surface area contributed by atoms with E-state index >= 15 is 0 Å². The van der Waals surface area contributed by atoms with Gasteiger partial charge >= 0.3 is 0 Å². The number of aromatic amines is 1. The minimum absolute atomic E-state index is 0.0497. The molecule has 0 spiro atoms. The van der Waals surface area contributed by atoms with Gasteiger partial charge in [0.05, 0.1) is 26.7 Å². The van der Waals surface area contributed by atoms with Crippen molar-refractivity contribution in [1.29, 1.82) is 0 Å². The number of likely N-dealkylation sites (tertiary alicyclic amines) is 1. The summed E-state index contributed by atoms with van der Waals surface area (Å²) in [6.45, 7) is 2.61. The Morgan fingerprint density at radius 3 is 2.76 bits per heavy atom. The molecule has 0 aliphatic carbocycles. The van der Waals surface area contributed by atoms with Crippen LogP contribution in [0.1, 0.15) is 42.5 Å². The second kappa shape index (κ2) is 7.55. The third-order valence-electron chi connectivity index (χ3n) is 4.54. The molecule has 1 N–H and O–H groups in total. The summed E-state index contributed by atoms with van der Waals surface area (Å²) in [7, 11) is 3.19. The number of rotatable bonds is 5. The highest BCUT2D eigenvalue weighted by Crippen LogP contribution is 2.31. The Labute approximate surface area is 147 Å². The van der Waals surface area contributed by atoms with Crippen molar-refractivity contribution in [1.82, 2.24) is 20.1 Å². The molecule has 0 saturated carbocycles. The topological polar surface area (TPSA) is 80.3 Å². The maximum Gasteiger partial charge on any atom is 0.227 e. The van der Waals surface area contributed by atoms with E-state index in [9.17, 15) is 4.79 Å². The summed E-state index contributed by atoms with van der Waals surface area (Å²) in [6, 6.07) is 5.53. The summed E-state index contributed by atoms with van der Waals surface area (Å²) in [5.41, 5.74) is 0.901. The molecule has 0 unspecified atom stereocenters. The van der Waals surface area contributed by atoms with E-state index in [1.165, 1.54) is 0 Å². The van der Waals surface area contributed by atoms with E-state index in [4.69, 9.17) is 9.47 Å². The number of methoxy groups -OCH3 is 2. The number of H-pyrrole nitrogens is 1. The number of nitrogens with zero attached hydrogens (tertiary/aromatic N) is 3. The van der Waals surface area contributed by atoms with Crippen molar-refractivity contribution in [2.75, 3.05) is 20.8 Å². The molecule has 1 aromatic heterocycles. The zero-order chi connectivity index (χ0) is 17.8. The lowest BCUT2D eigenvalue weighted by molar-refractivity contribution is -0.134. The fourth-order valence-electron chi connectivity index (χ4n) is 3.27. The molecule has 7 heteroatoms. The van der Waals surface area contributed by atoms with Crippen LogP contribution in [0.25, 0.3) is 0 Å². The number of hydrogen-bond acceptors (Lipinski definition) is 5. The summed E-state index contributed by atoms with van der Waals surface area (Å²) < 4.78 is 10.6. The number of nitrogens with one attached hydrogen (secondary N) is 1. The van der Waals surface area contributed by atoms with Crippen molar-refractivity contribution in [3.8, 4) is 11.5 Å². The number of hydrogen-bond donors (Lipinski definition) is 1. The van der Waals surface area contributed by atoms with E-state index in [-0.39, 0.29) is 11.9 Å². The summed E-state index contributed by atoms with van der Waals surface area (Å²) >= 11 is 0. The van der Waals surface area contributed by atoms with Gasteiger partial charge in [-0.25, -0.2) is 4.98 Å². The first-order valence-corrected chi connectivity index (χ1v) is 8.51. The van der Waals surface area contributed by atoms with Crippen LogP contribution in [0.5, 0.6) is 11.5 Å². The van der Waals surface area contributed by atoms with E-state index < -0.39 is 0 Å². The van der Waals surface area contributed by atoms with E-state index in [1.54, 1.807) is 14.2 Å². The van der Waals surface area contributed by atoms with Gasteiger partial charge in [-0.2, -0.15) is 5.10 Å². The number of carbonyl (C=O) groups is 1. The van der Waals surface area contributed by atoms with E-state index in [1.807, 2.05) is 30.0 Å². The largest absolute Gasteiger partial charge is 0.493 e. The van der Waals surface area contributed by atoms with Gasteiger partial charge < -0.3 is 14.4 Å². The number of ether oxygens (including phenoxy) is 2. The Hall–Kier alpha value is -2.57. The van der Waals surface area contributed by atoms with Gasteiger partial charge in [0, 0.05) is 6.54 Å². The monoisotopic (exact) mass is 344 g/mol. The standard InChI is InChI=1S/C18H24N4O3/c1-12-19-18(21-20-12)14-6-4-5-9-22(14)17(23)11-13-7-8-15(24-2)16(10-13)25-3/h7-8,10,14H,4-6,9,11H2,1-3H3,(H,19,20,21)/t14-/m0/s1. The first-order chi connectivity index (χ1) is 12.1. The van der Waals surface area contributed by atoms with Gasteiger partial charge in [-0.3, -0.25) is 9.89 Å². The molecular formula is C18H24N4O3. The van der Waals surface area contributed by atoms with Crippen LogP contribution in [-0.2, 0) is 11.2 Å². The number of carbonyl (C=O) groups excluding carboxylic acids is 1. The lowest BCUT2D eigenvalue weighted by Crippen LogP contribution is -2.39. The lowest BCUT2D eigenvalue weighted by Gasteiger charge is -2.34. The maximum absolute atomic E-state index is 12.9. The third kappa shape index (κ3) is 3.75. The minimum atomic E-state index is -0.0497. The summed E-state index contributed by atoms with van der Waals surface area (Å²) in [6.07, 6.45) is 3.31. The minimum Gasteiger partial charge on any atom is -0.493 e. The van der Waals surface area contributed by atoms with Crippen molar-refractivity contribution in [3.05, 3.63) is 35.4 Å². The van der Waals surface area contributed by atoms with E-state index in [0.717, 1.165) is 37.2 Å². The number of aryl methyl sites for hydroxylation is 1. The predicted molar refractivity (Wildman–Crippen MR) is 92.7 cm³/mol. The van der Waals surface area contributed by atoms with Crippen molar-refractivity contribution in [2.45, 2.75) is 38.6 Å². The van der Waals surface area contributed by atoms with Crippen molar-refractivity contribution in [3.63, 3.8) is 0 Å². The second-order valence-corrected chi connectivity index (χ2v) is 6.24. The molecule has 2 aromatic rings. The molecule has 1 amide bonds. The fraction of sp³-hybridized carbons (Fsp3) is 0.500. The molecule has 0 bridgehead atoms. The molecule has 1 atom stereocenters. The van der Waals surface area contributed by atoms with Gasteiger partial charge in [0.25, 0.3) is 0 Å². The van der Waals surface area contributed by atoms with Crippen molar-refractivity contribution >= 4 is 5.91 Å². The molecule has 2 heterocycles. The van der Waals surface area contributed by atoms with Crippen LogP contribution in [0.2, 0.25) is 0 Å². The Kier molecular flexibility index (Phi) is 5.21. The summed E-state index contributed by atoms with van der Waals surface area (Å²) in [5.74, 6) is 2.85. The first-order valence-electron chi connectivity index (χ1n) is 8.51. The van der Waals surface area contributed by atoms with Gasteiger partial charge in [0.15, 0.2) is 17.3 Å². The van der Waals surface area contributed by atoms with Gasteiger partial charge in [-0.1, -0.05) is 6.07 Å². The smallest absolute Gasteiger partial charge is 0.227 e. The maximum atomic E-state index is 12.9.